The van der Waals surface area contributed by atoms with Crippen LogP contribution in [0.3, 0.4) is 0 Å². The first-order valence-electron chi connectivity index (χ1n) is 6.65. The minimum Gasteiger partial charge on any atom is -0.489 e. The van der Waals surface area contributed by atoms with Gasteiger partial charge in [-0.05, 0) is 32.9 Å². The van der Waals surface area contributed by atoms with Gasteiger partial charge >= 0.3 is 5.97 Å². The van der Waals surface area contributed by atoms with Gasteiger partial charge < -0.3 is 19.9 Å². The molecule has 2 N–H and O–H groups in total. The van der Waals surface area contributed by atoms with E-state index in [2.05, 4.69) is 0 Å². The molecule has 1 aromatic carbocycles. The van der Waals surface area contributed by atoms with Gasteiger partial charge in [-0.25, -0.2) is 0 Å². The predicted molar refractivity (Wildman–Crippen MR) is 77.6 cm³/mol. The number of benzene rings is 1. The molecular weight excluding hydrogens is 258 g/mol. The highest BCUT2D eigenvalue weighted by Crippen LogP contribution is 2.19. The van der Waals surface area contributed by atoms with Gasteiger partial charge in [-0.15, -0.1) is 0 Å². The maximum absolute atomic E-state index is 11.4. The minimum absolute atomic E-state index is 0.241. The summed E-state index contributed by atoms with van der Waals surface area (Å²) in [5, 5.41) is 0. The number of ether oxygens (including phenoxy) is 3. The molecule has 0 saturated heterocycles. The molecule has 20 heavy (non-hydrogen) atoms. The second-order valence-corrected chi connectivity index (χ2v) is 5.34. The number of hydrogen-bond acceptors (Lipinski definition) is 5. The van der Waals surface area contributed by atoms with Crippen molar-refractivity contribution in [3.05, 3.63) is 24.3 Å². The van der Waals surface area contributed by atoms with Crippen LogP contribution in [-0.4, -0.2) is 31.4 Å². The molecular formula is C15H23NO4. The number of nitrogen functional groups attached to an aromatic ring is 1. The molecule has 0 saturated carbocycles. The standard InChI is InChI=1S/C15H23NO4/c1-15(2,3)20-14(17)8-9-18-10-11-19-13-7-5-4-6-12(13)16/h4-7H,8-11,16H2,1-3H3. The Morgan fingerprint density at radius 1 is 1.15 bits per heavy atom. The highest BCUT2D eigenvalue weighted by molar-refractivity contribution is 5.69. The smallest absolute Gasteiger partial charge is 0.308 e. The number of rotatable bonds is 7. The van der Waals surface area contributed by atoms with Gasteiger partial charge in [-0.3, -0.25) is 4.79 Å². The van der Waals surface area contributed by atoms with Crippen molar-refractivity contribution in [1.82, 2.24) is 0 Å². The summed E-state index contributed by atoms with van der Waals surface area (Å²) in [7, 11) is 0. The number of anilines is 1. The molecule has 5 nitrogen and oxygen atoms in total. The van der Waals surface area contributed by atoms with Gasteiger partial charge in [0.25, 0.3) is 0 Å². The molecule has 0 radical (unpaired) electrons. The van der Waals surface area contributed by atoms with Crippen LogP contribution >= 0.6 is 0 Å². The van der Waals surface area contributed by atoms with E-state index >= 15 is 0 Å². The average Bonchev–Trinajstić information content (AvgIpc) is 2.33. The van der Waals surface area contributed by atoms with Gasteiger partial charge in [-0.1, -0.05) is 12.1 Å². The third kappa shape index (κ3) is 6.99. The number of carbonyl (C=O) groups excluding carboxylic acids is 1. The Balaban J connectivity index is 2.08. The molecule has 0 atom stereocenters. The maximum Gasteiger partial charge on any atom is 0.308 e. The summed E-state index contributed by atoms with van der Waals surface area (Å²) in [5.41, 5.74) is 5.88. The van der Waals surface area contributed by atoms with Crippen LogP contribution in [0.1, 0.15) is 27.2 Å². The topological polar surface area (TPSA) is 70.8 Å². The highest BCUT2D eigenvalue weighted by atomic mass is 16.6. The zero-order chi connectivity index (χ0) is 15.0. The number of esters is 1. The molecule has 5 heteroatoms. The van der Waals surface area contributed by atoms with Crippen LogP contribution in [0.15, 0.2) is 24.3 Å². The lowest BCUT2D eigenvalue weighted by Gasteiger charge is -2.19. The van der Waals surface area contributed by atoms with Gasteiger partial charge in [0, 0.05) is 0 Å². The third-order valence-corrected chi connectivity index (χ3v) is 2.27. The largest absolute Gasteiger partial charge is 0.489 e. The van der Waals surface area contributed by atoms with Crippen molar-refractivity contribution in [3.8, 4) is 5.75 Å². The van der Waals surface area contributed by atoms with Gasteiger partial charge in [0.1, 0.15) is 18.0 Å². The summed E-state index contributed by atoms with van der Waals surface area (Å²) in [6, 6.07) is 7.28. The molecule has 0 aromatic heterocycles. The molecule has 1 rings (SSSR count). The van der Waals surface area contributed by atoms with Crippen molar-refractivity contribution in [1.29, 1.82) is 0 Å². The van der Waals surface area contributed by atoms with Gasteiger partial charge in [0.05, 0.1) is 25.3 Å². The Morgan fingerprint density at radius 2 is 1.85 bits per heavy atom. The Hall–Kier alpha value is -1.75. The van der Waals surface area contributed by atoms with Crippen LogP contribution in [0.4, 0.5) is 5.69 Å². The van der Waals surface area contributed by atoms with Crippen LogP contribution in [0.2, 0.25) is 0 Å². The summed E-state index contributed by atoms with van der Waals surface area (Å²) in [4.78, 5) is 11.4. The van der Waals surface area contributed by atoms with E-state index in [1.807, 2.05) is 32.9 Å². The van der Waals surface area contributed by atoms with E-state index in [0.29, 0.717) is 31.3 Å². The van der Waals surface area contributed by atoms with Crippen LogP contribution in [0, 0.1) is 0 Å². The quantitative estimate of drug-likeness (QED) is 0.472. The molecule has 0 fully saturated rings. The van der Waals surface area contributed by atoms with Crippen molar-refractivity contribution in [2.75, 3.05) is 25.6 Å². The van der Waals surface area contributed by atoms with Crippen molar-refractivity contribution < 1.29 is 19.0 Å². The van der Waals surface area contributed by atoms with E-state index < -0.39 is 5.60 Å². The maximum atomic E-state index is 11.4. The lowest BCUT2D eigenvalue weighted by atomic mass is 10.2. The van der Waals surface area contributed by atoms with Crippen LogP contribution in [-0.2, 0) is 14.3 Å². The fraction of sp³-hybridized carbons (Fsp3) is 0.533. The molecule has 0 aliphatic carbocycles. The van der Waals surface area contributed by atoms with Crippen molar-refractivity contribution in [2.24, 2.45) is 0 Å². The first-order valence-corrected chi connectivity index (χ1v) is 6.65. The summed E-state index contributed by atoms with van der Waals surface area (Å²) >= 11 is 0. The Bertz CT molecular complexity index is 426. The SMILES string of the molecule is CC(C)(C)OC(=O)CCOCCOc1ccccc1N. The number of nitrogens with two attached hydrogens (primary N) is 1. The van der Waals surface area contributed by atoms with E-state index in [-0.39, 0.29) is 12.4 Å². The summed E-state index contributed by atoms with van der Waals surface area (Å²) in [5.74, 6) is 0.383. The van der Waals surface area contributed by atoms with E-state index in [9.17, 15) is 4.79 Å². The second-order valence-electron chi connectivity index (χ2n) is 5.34. The molecule has 0 heterocycles. The van der Waals surface area contributed by atoms with Gasteiger partial charge in [-0.2, -0.15) is 0 Å². The van der Waals surface area contributed by atoms with E-state index in [4.69, 9.17) is 19.9 Å². The van der Waals surface area contributed by atoms with Crippen molar-refractivity contribution in [2.45, 2.75) is 32.8 Å². The zero-order valence-electron chi connectivity index (χ0n) is 12.3. The molecule has 112 valence electrons. The van der Waals surface area contributed by atoms with Gasteiger partial charge in [0.15, 0.2) is 0 Å². The number of para-hydroxylation sites is 2. The minimum atomic E-state index is -0.453. The molecule has 0 aliphatic heterocycles. The summed E-state index contributed by atoms with van der Waals surface area (Å²) in [6.07, 6.45) is 0.241. The van der Waals surface area contributed by atoms with Crippen LogP contribution < -0.4 is 10.5 Å². The first-order chi connectivity index (χ1) is 9.38. The summed E-state index contributed by atoms with van der Waals surface area (Å²) in [6.45, 7) is 6.62. The predicted octanol–water partition coefficient (Wildman–Crippen LogP) is 2.40. The first kappa shape index (κ1) is 16.3. The Kier molecular flexibility index (Phi) is 6.31. The van der Waals surface area contributed by atoms with Crippen LogP contribution in [0.25, 0.3) is 0 Å². The van der Waals surface area contributed by atoms with Crippen LogP contribution in [0.5, 0.6) is 5.75 Å². The molecule has 0 spiro atoms. The van der Waals surface area contributed by atoms with Crippen molar-refractivity contribution in [3.63, 3.8) is 0 Å². The normalized spacial score (nSPS) is 11.2. The molecule has 0 aliphatic rings. The Morgan fingerprint density at radius 3 is 2.50 bits per heavy atom. The zero-order valence-corrected chi connectivity index (χ0v) is 12.3. The molecule has 0 amide bonds. The fourth-order valence-corrected chi connectivity index (χ4v) is 1.47. The number of hydrogen-bond donors (Lipinski definition) is 1. The monoisotopic (exact) mass is 281 g/mol. The number of carbonyl (C=O) groups is 1. The van der Waals surface area contributed by atoms with E-state index in [1.165, 1.54) is 0 Å². The highest BCUT2D eigenvalue weighted by Gasteiger charge is 2.15. The van der Waals surface area contributed by atoms with Gasteiger partial charge in [0.2, 0.25) is 0 Å². The lowest BCUT2D eigenvalue weighted by Crippen LogP contribution is -2.24. The van der Waals surface area contributed by atoms with E-state index in [0.717, 1.165) is 0 Å². The lowest BCUT2D eigenvalue weighted by molar-refractivity contribution is -0.156. The molecule has 0 unspecified atom stereocenters. The summed E-state index contributed by atoms with van der Waals surface area (Å²) < 4.78 is 15.9. The molecule has 1 aromatic rings. The average molecular weight is 281 g/mol. The second kappa shape index (κ2) is 7.75. The third-order valence-electron chi connectivity index (χ3n) is 2.27. The molecule has 0 bridgehead atoms. The Labute approximate surface area is 120 Å². The van der Waals surface area contributed by atoms with E-state index in [1.54, 1.807) is 12.1 Å². The van der Waals surface area contributed by atoms with Crippen molar-refractivity contribution >= 4 is 11.7 Å². The fourth-order valence-electron chi connectivity index (χ4n) is 1.47.